The fourth-order valence-electron chi connectivity index (χ4n) is 3.66. The molecule has 0 bridgehead atoms. The largest absolute Gasteiger partial charge is 0.510 e. The molecule has 0 spiro atoms. The van der Waals surface area contributed by atoms with Gasteiger partial charge in [0.15, 0.2) is 5.78 Å². The van der Waals surface area contributed by atoms with Gasteiger partial charge in [-0.15, -0.1) is 11.8 Å². The highest BCUT2D eigenvalue weighted by atomic mass is 35.5. The summed E-state index contributed by atoms with van der Waals surface area (Å²) < 4.78 is 12.7. The molecule has 5 heteroatoms. The number of ketones is 1. The van der Waals surface area contributed by atoms with E-state index in [1.54, 1.807) is 6.07 Å². The Bertz CT molecular complexity index is 992. The van der Waals surface area contributed by atoms with Crippen molar-refractivity contribution < 1.29 is 14.3 Å². The molecular formula is C23H24ClFO2S. The van der Waals surface area contributed by atoms with Crippen molar-refractivity contribution in [1.82, 2.24) is 0 Å². The second-order valence-corrected chi connectivity index (χ2v) is 10.7. The second-order valence-electron chi connectivity index (χ2n) is 8.03. The Morgan fingerprint density at radius 1 is 1.04 bits per heavy atom. The number of rotatable bonds is 3. The van der Waals surface area contributed by atoms with Gasteiger partial charge < -0.3 is 5.11 Å². The second kappa shape index (κ2) is 7.23. The van der Waals surface area contributed by atoms with Crippen molar-refractivity contribution in [1.29, 1.82) is 0 Å². The summed E-state index contributed by atoms with van der Waals surface area (Å²) in [4.78, 5) is 13.2. The molecule has 2 aromatic carbocycles. The van der Waals surface area contributed by atoms with Gasteiger partial charge in [0.05, 0.1) is 20.1 Å². The van der Waals surface area contributed by atoms with Gasteiger partial charge in [-0.1, -0.05) is 36.7 Å². The number of benzene rings is 2. The van der Waals surface area contributed by atoms with E-state index in [4.69, 9.17) is 11.6 Å². The number of hydrogen-bond donors (Lipinski definition) is 1. The number of halogens is 2. The van der Waals surface area contributed by atoms with Gasteiger partial charge in [0.2, 0.25) is 0 Å². The van der Waals surface area contributed by atoms with Crippen LogP contribution in [-0.2, 0) is 11.2 Å². The number of allylic oxidation sites excluding steroid dienone is 1. The van der Waals surface area contributed by atoms with Gasteiger partial charge in [0.1, 0.15) is 11.6 Å². The molecule has 1 aliphatic rings. The number of hydrogen-bond acceptors (Lipinski definition) is 3. The quantitative estimate of drug-likeness (QED) is 0.592. The first-order valence-corrected chi connectivity index (χ1v) is 10.4. The van der Waals surface area contributed by atoms with Crippen molar-refractivity contribution in [3.05, 3.63) is 64.1 Å². The van der Waals surface area contributed by atoms with E-state index in [1.807, 2.05) is 52.8 Å². The Kier molecular flexibility index (Phi) is 5.41. The van der Waals surface area contributed by atoms with Crippen LogP contribution in [0.15, 0.2) is 42.2 Å². The van der Waals surface area contributed by atoms with E-state index >= 15 is 0 Å². The summed E-state index contributed by atoms with van der Waals surface area (Å²) in [5.41, 5.74) is 3.47. The van der Waals surface area contributed by atoms with Gasteiger partial charge in [-0.3, -0.25) is 4.79 Å². The molecule has 0 aromatic heterocycles. The molecule has 0 aliphatic carbocycles. The standard InChI is InChI=1S/C23H24ClFO2S/c1-6-13-7-8-14(15-9-10-17(24)18(25)12-15)11-16(13)19-20(26)22(2,3)28-23(4,5)21(19)27/h7-12,26H,6H2,1-5H3. The summed E-state index contributed by atoms with van der Waals surface area (Å²) >= 11 is 7.26. The Hall–Kier alpha value is -1.78. The van der Waals surface area contributed by atoms with Crippen molar-refractivity contribution in [3.8, 4) is 11.1 Å². The van der Waals surface area contributed by atoms with E-state index in [1.165, 1.54) is 23.9 Å². The Balaban J connectivity index is 2.25. The molecule has 0 radical (unpaired) electrons. The highest BCUT2D eigenvalue weighted by molar-refractivity contribution is 8.03. The van der Waals surface area contributed by atoms with E-state index in [9.17, 15) is 14.3 Å². The zero-order valence-electron chi connectivity index (χ0n) is 16.7. The number of carbonyl (C=O) groups excluding carboxylic acids is 1. The molecule has 2 aromatic rings. The average Bonchev–Trinajstić information content (AvgIpc) is 2.62. The van der Waals surface area contributed by atoms with E-state index in [-0.39, 0.29) is 16.6 Å². The minimum atomic E-state index is -0.654. The zero-order chi connectivity index (χ0) is 20.9. The summed E-state index contributed by atoms with van der Waals surface area (Å²) in [6.07, 6.45) is 0.711. The molecule has 1 N–H and O–H groups in total. The van der Waals surface area contributed by atoms with E-state index in [0.717, 1.165) is 11.1 Å². The summed E-state index contributed by atoms with van der Waals surface area (Å²) in [6, 6.07) is 10.4. The smallest absolute Gasteiger partial charge is 0.182 e. The molecule has 0 atom stereocenters. The number of carbonyl (C=O) groups is 1. The van der Waals surface area contributed by atoms with Crippen LogP contribution < -0.4 is 0 Å². The normalized spacial score (nSPS) is 18.5. The van der Waals surface area contributed by atoms with Crippen molar-refractivity contribution in [2.24, 2.45) is 0 Å². The van der Waals surface area contributed by atoms with Crippen LogP contribution in [-0.4, -0.2) is 20.4 Å². The average molecular weight is 419 g/mol. The predicted octanol–water partition coefficient (Wildman–Crippen LogP) is 6.85. The van der Waals surface area contributed by atoms with Gasteiger partial charge in [-0.25, -0.2) is 4.39 Å². The monoisotopic (exact) mass is 418 g/mol. The molecule has 0 unspecified atom stereocenters. The minimum Gasteiger partial charge on any atom is -0.510 e. The maximum atomic E-state index is 14.0. The maximum Gasteiger partial charge on any atom is 0.182 e. The molecular weight excluding hydrogens is 395 g/mol. The summed E-state index contributed by atoms with van der Waals surface area (Å²) in [5, 5.41) is 11.0. The third kappa shape index (κ3) is 3.60. The van der Waals surface area contributed by atoms with E-state index < -0.39 is 15.3 Å². The highest BCUT2D eigenvalue weighted by Gasteiger charge is 2.47. The Labute approximate surface area is 174 Å². The zero-order valence-corrected chi connectivity index (χ0v) is 18.3. The SMILES string of the molecule is CCc1ccc(-c2ccc(Cl)c(F)c2)cc1C1=C(O)C(C)(C)SC(C)(C)C1=O. The molecule has 0 saturated heterocycles. The number of aryl methyl sites for hydroxylation is 1. The lowest BCUT2D eigenvalue weighted by Gasteiger charge is -2.39. The topological polar surface area (TPSA) is 37.3 Å². The van der Waals surface area contributed by atoms with Crippen molar-refractivity contribution in [3.63, 3.8) is 0 Å². The third-order valence-electron chi connectivity index (χ3n) is 5.10. The Morgan fingerprint density at radius 3 is 2.25 bits per heavy atom. The van der Waals surface area contributed by atoms with Crippen molar-refractivity contribution >= 4 is 34.7 Å². The van der Waals surface area contributed by atoms with Crippen LogP contribution in [0.4, 0.5) is 4.39 Å². The van der Waals surface area contributed by atoms with Crippen LogP contribution in [0.3, 0.4) is 0 Å². The van der Waals surface area contributed by atoms with Crippen LogP contribution in [0.1, 0.15) is 45.7 Å². The van der Waals surface area contributed by atoms with Crippen LogP contribution in [0, 0.1) is 5.82 Å². The molecule has 0 fully saturated rings. The molecule has 0 saturated carbocycles. The predicted molar refractivity (Wildman–Crippen MR) is 117 cm³/mol. The van der Waals surface area contributed by atoms with Gasteiger partial charge in [-0.2, -0.15) is 0 Å². The first-order chi connectivity index (χ1) is 13.0. The number of Topliss-reactive ketones (excluding diaryl/α,β-unsaturated/α-hetero) is 1. The third-order valence-corrected chi connectivity index (χ3v) is 6.81. The number of thioether (sulfide) groups is 1. The fraction of sp³-hybridized carbons (Fsp3) is 0.348. The summed E-state index contributed by atoms with van der Waals surface area (Å²) in [6.45, 7) is 9.63. The lowest BCUT2D eigenvalue weighted by Crippen LogP contribution is -2.41. The first-order valence-electron chi connectivity index (χ1n) is 9.25. The first kappa shape index (κ1) is 20.9. The van der Waals surface area contributed by atoms with Gasteiger partial charge >= 0.3 is 0 Å². The van der Waals surface area contributed by atoms with Crippen LogP contribution >= 0.6 is 23.4 Å². The number of aliphatic hydroxyl groups excluding tert-OH is 1. The molecule has 1 aliphatic heterocycles. The lowest BCUT2D eigenvalue weighted by molar-refractivity contribution is -0.115. The molecule has 148 valence electrons. The molecule has 0 amide bonds. The maximum absolute atomic E-state index is 14.0. The van der Waals surface area contributed by atoms with Crippen molar-refractivity contribution in [2.75, 3.05) is 0 Å². The van der Waals surface area contributed by atoms with Crippen LogP contribution in [0.2, 0.25) is 5.02 Å². The van der Waals surface area contributed by atoms with Gasteiger partial charge in [0.25, 0.3) is 0 Å². The number of aliphatic hydroxyl groups is 1. The molecule has 28 heavy (non-hydrogen) atoms. The van der Waals surface area contributed by atoms with Crippen LogP contribution in [0.5, 0.6) is 0 Å². The van der Waals surface area contributed by atoms with Gasteiger partial charge in [-0.05, 0) is 74.6 Å². The summed E-state index contributed by atoms with van der Waals surface area (Å²) in [5.74, 6) is -0.491. The fourth-order valence-corrected chi connectivity index (χ4v) is 5.45. The van der Waals surface area contributed by atoms with Crippen LogP contribution in [0.25, 0.3) is 16.7 Å². The Morgan fingerprint density at radius 2 is 1.64 bits per heavy atom. The summed E-state index contributed by atoms with van der Waals surface area (Å²) in [7, 11) is 0. The minimum absolute atomic E-state index is 0.0671. The van der Waals surface area contributed by atoms with Crippen molar-refractivity contribution in [2.45, 2.75) is 50.5 Å². The molecule has 2 nitrogen and oxygen atoms in total. The van der Waals surface area contributed by atoms with E-state index in [2.05, 4.69) is 0 Å². The molecule has 3 rings (SSSR count). The lowest BCUT2D eigenvalue weighted by atomic mass is 9.85. The highest BCUT2D eigenvalue weighted by Crippen LogP contribution is 2.50. The van der Waals surface area contributed by atoms with Gasteiger partial charge in [0, 0.05) is 0 Å². The molecule has 1 heterocycles. The van der Waals surface area contributed by atoms with E-state index in [0.29, 0.717) is 23.1 Å².